The van der Waals surface area contributed by atoms with E-state index in [1.54, 1.807) is 6.92 Å². The van der Waals surface area contributed by atoms with E-state index < -0.39 is 68.0 Å². The molecule has 0 aliphatic carbocycles. The zero-order chi connectivity index (χ0) is 17.3. The van der Waals surface area contributed by atoms with Crippen molar-refractivity contribution in [3.63, 3.8) is 0 Å². The summed E-state index contributed by atoms with van der Waals surface area (Å²) in [6, 6.07) is 0. The average molecular weight is 339 g/mol. The Balaban J connectivity index is 2.09. The monoisotopic (exact) mass is 339 g/mol. The highest BCUT2D eigenvalue weighted by molar-refractivity contribution is 4.93. The zero-order valence-corrected chi connectivity index (χ0v) is 12.9. The maximum Gasteiger partial charge on any atom is 0.187 e. The van der Waals surface area contributed by atoms with Crippen LogP contribution in [0.2, 0.25) is 0 Å². The van der Waals surface area contributed by atoms with Crippen molar-refractivity contribution in [2.75, 3.05) is 13.7 Å². The highest BCUT2D eigenvalue weighted by Gasteiger charge is 2.49. The van der Waals surface area contributed by atoms with E-state index in [0.29, 0.717) is 0 Å². The van der Waals surface area contributed by atoms with Gasteiger partial charge in [-0.25, -0.2) is 0 Å². The maximum atomic E-state index is 10.1. The predicted molar refractivity (Wildman–Crippen MR) is 74.0 cm³/mol. The fraction of sp³-hybridized carbons (Fsp3) is 1.00. The highest BCUT2D eigenvalue weighted by atomic mass is 16.7. The minimum Gasteiger partial charge on any atom is -0.394 e. The van der Waals surface area contributed by atoms with Gasteiger partial charge in [0.1, 0.15) is 49.0 Å². The molecule has 23 heavy (non-hydrogen) atoms. The van der Waals surface area contributed by atoms with Gasteiger partial charge in [0.15, 0.2) is 6.29 Å². The van der Waals surface area contributed by atoms with Crippen LogP contribution >= 0.6 is 0 Å². The Labute approximate surface area is 133 Å². The number of nitrogens with two attached hydrogens (primary N) is 1. The molecule has 136 valence electrons. The summed E-state index contributed by atoms with van der Waals surface area (Å²) in [5.74, 6) is 0. The Bertz CT molecular complexity index is 384. The van der Waals surface area contributed by atoms with Gasteiger partial charge in [-0.1, -0.05) is 0 Å². The van der Waals surface area contributed by atoms with Crippen molar-refractivity contribution in [2.24, 2.45) is 5.73 Å². The molecule has 2 heterocycles. The van der Waals surface area contributed by atoms with Gasteiger partial charge in [-0.15, -0.1) is 0 Å². The van der Waals surface area contributed by atoms with Gasteiger partial charge in [0, 0.05) is 7.11 Å². The van der Waals surface area contributed by atoms with Crippen LogP contribution in [0.25, 0.3) is 0 Å². The molecule has 10 heteroatoms. The molecule has 0 bridgehead atoms. The molecule has 0 saturated carbocycles. The van der Waals surface area contributed by atoms with E-state index in [9.17, 15) is 25.5 Å². The van der Waals surface area contributed by atoms with Crippen molar-refractivity contribution in [3.05, 3.63) is 0 Å². The van der Waals surface area contributed by atoms with Crippen molar-refractivity contribution >= 4 is 0 Å². The third-order valence-electron chi connectivity index (χ3n) is 4.24. The molecule has 2 aliphatic rings. The average Bonchev–Trinajstić information content (AvgIpc) is 2.53. The van der Waals surface area contributed by atoms with Crippen LogP contribution in [0, 0.1) is 0 Å². The van der Waals surface area contributed by atoms with Gasteiger partial charge in [-0.2, -0.15) is 0 Å². The molecule has 0 aromatic heterocycles. The van der Waals surface area contributed by atoms with Gasteiger partial charge in [-0.05, 0) is 6.92 Å². The zero-order valence-electron chi connectivity index (χ0n) is 12.9. The van der Waals surface area contributed by atoms with Gasteiger partial charge in [0.25, 0.3) is 0 Å². The topological polar surface area (TPSA) is 164 Å². The van der Waals surface area contributed by atoms with Crippen molar-refractivity contribution in [2.45, 2.75) is 68.3 Å². The van der Waals surface area contributed by atoms with E-state index in [4.69, 9.17) is 24.7 Å². The first-order valence-corrected chi connectivity index (χ1v) is 7.39. The molecule has 7 N–H and O–H groups in total. The third kappa shape index (κ3) is 3.66. The highest BCUT2D eigenvalue weighted by Crippen LogP contribution is 2.28. The number of hydrogen-bond donors (Lipinski definition) is 6. The quantitative estimate of drug-likeness (QED) is 0.300. The van der Waals surface area contributed by atoms with Crippen molar-refractivity contribution in [3.8, 4) is 0 Å². The largest absolute Gasteiger partial charge is 0.394 e. The molecule has 0 radical (unpaired) electrons. The molecule has 2 saturated heterocycles. The lowest BCUT2D eigenvalue weighted by Crippen LogP contribution is -2.64. The van der Waals surface area contributed by atoms with E-state index in [1.807, 2.05) is 0 Å². The van der Waals surface area contributed by atoms with E-state index in [2.05, 4.69) is 0 Å². The molecule has 0 aromatic rings. The van der Waals surface area contributed by atoms with E-state index in [0.717, 1.165) is 0 Å². The molecule has 0 unspecified atom stereocenters. The van der Waals surface area contributed by atoms with Crippen LogP contribution in [-0.4, -0.2) is 101 Å². The molecular weight excluding hydrogens is 314 g/mol. The Morgan fingerprint density at radius 2 is 1.57 bits per heavy atom. The Morgan fingerprint density at radius 3 is 2.13 bits per heavy atom. The molecule has 10 atom stereocenters. The molecular formula is C13H25NO9. The maximum absolute atomic E-state index is 10.1. The summed E-state index contributed by atoms with van der Waals surface area (Å²) in [6.07, 6.45) is -11.6. The van der Waals surface area contributed by atoms with Crippen LogP contribution in [0.1, 0.15) is 6.92 Å². The van der Waals surface area contributed by atoms with Crippen LogP contribution in [0.15, 0.2) is 0 Å². The molecule has 0 spiro atoms. The number of hydrogen-bond acceptors (Lipinski definition) is 10. The molecule has 0 aromatic carbocycles. The fourth-order valence-electron chi connectivity index (χ4n) is 2.87. The minimum absolute atomic E-state index is 0.463. The molecule has 2 aliphatic heterocycles. The molecule has 10 nitrogen and oxygen atoms in total. The van der Waals surface area contributed by atoms with Crippen LogP contribution < -0.4 is 5.73 Å². The lowest BCUT2D eigenvalue weighted by atomic mass is 9.97. The van der Waals surface area contributed by atoms with Crippen molar-refractivity contribution < 1.29 is 44.5 Å². The van der Waals surface area contributed by atoms with Crippen molar-refractivity contribution in [1.29, 1.82) is 0 Å². The number of methoxy groups -OCH3 is 1. The summed E-state index contributed by atoms with van der Waals surface area (Å²) >= 11 is 0. The standard InChI is InChI=1S/C13H25NO9/c1-4-10(6(16)8(18)12(14)21-4)23-13-9(19)7(17)11(20-2)5(3-15)22-13/h4-13,15-19H,3,14H2,1-2H3/t4-,5-,6-,7-,8-,9-,10-,11-,12+,13+/m1/s1. The first-order valence-electron chi connectivity index (χ1n) is 7.39. The SMILES string of the molecule is CO[C@H]1[C@H](O)[C@@H](O)[C@H](O[C@H]2[C@H](O)[C@@H](O)[C@@H](N)O[C@@H]2C)O[C@@H]1CO. The Morgan fingerprint density at radius 1 is 0.957 bits per heavy atom. The summed E-state index contributed by atoms with van der Waals surface area (Å²) in [5, 5.41) is 49.3. The summed E-state index contributed by atoms with van der Waals surface area (Å²) in [4.78, 5) is 0. The molecule has 2 fully saturated rings. The van der Waals surface area contributed by atoms with Crippen molar-refractivity contribution in [1.82, 2.24) is 0 Å². The normalized spacial score (nSPS) is 51.7. The van der Waals surface area contributed by atoms with Crippen LogP contribution in [0.5, 0.6) is 0 Å². The third-order valence-corrected chi connectivity index (χ3v) is 4.24. The summed E-state index contributed by atoms with van der Waals surface area (Å²) in [7, 11) is 1.31. The van der Waals surface area contributed by atoms with Crippen LogP contribution in [-0.2, 0) is 18.9 Å². The number of rotatable bonds is 4. The lowest BCUT2D eigenvalue weighted by Gasteiger charge is -2.45. The molecule has 0 amide bonds. The second kappa shape index (κ2) is 7.66. The number of ether oxygens (including phenoxy) is 4. The summed E-state index contributed by atoms with van der Waals surface area (Å²) in [5.41, 5.74) is 5.53. The Hall–Kier alpha value is -0.400. The van der Waals surface area contributed by atoms with E-state index in [-0.39, 0.29) is 0 Å². The first kappa shape index (κ1) is 18.9. The number of aliphatic hydroxyl groups is 5. The van der Waals surface area contributed by atoms with Gasteiger partial charge in [0.05, 0.1) is 12.7 Å². The van der Waals surface area contributed by atoms with Gasteiger partial charge in [-0.3, -0.25) is 0 Å². The van der Waals surface area contributed by atoms with Gasteiger partial charge in [0.2, 0.25) is 0 Å². The van der Waals surface area contributed by atoms with Gasteiger partial charge < -0.3 is 50.2 Å². The predicted octanol–water partition coefficient (Wildman–Crippen LogP) is -3.75. The summed E-state index contributed by atoms with van der Waals surface area (Å²) in [6.45, 7) is 1.11. The lowest BCUT2D eigenvalue weighted by molar-refractivity contribution is -0.340. The Kier molecular flexibility index (Phi) is 6.30. The fourth-order valence-corrected chi connectivity index (χ4v) is 2.87. The second-order valence-electron chi connectivity index (χ2n) is 5.79. The smallest absolute Gasteiger partial charge is 0.187 e. The van der Waals surface area contributed by atoms with Crippen LogP contribution in [0.3, 0.4) is 0 Å². The first-order chi connectivity index (χ1) is 10.8. The van der Waals surface area contributed by atoms with Gasteiger partial charge >= 0.3 is 0 Å². The number of aliphatic hydroxyl groups excluding tert-OH is 5. The molecule has 2 rings (SSSR count). The summed E-state index contributed by atoms with van der Waals surface area (Å²) < 4.78 is 21.1. The minimum atomic E-state index is -1.48. The van der Waals surface area contributed by atoms with E-state index >= 15 is 0 Å². The van der Waals surface area contributed by atoms with Crippen LogP contribution in [0.4, 0.5) is 0 Å². The van der Waals surface area contributed by atoms with E-state index in [1.165, 1.54) is 7.11 Å². The second-order valence-corrected chi connectivity index (χ2v) is 5.79.